The lowest BCUT2D eigenvalue weighted by Crippen LogP contribution is -2.28. The molecule has 8 nitrogen and oxygen atoms in total. The minimum Gasteiger partial charge on any atom is -0.354 e. The molecule has 2 amide bonds. The van der Waals surface area contributed by atoms with Gasteiger partial charge in [-0.2, -0.15) is 0 Å². The molecular formula is C17H14N6O2. The second-order valence-electron chi connectivity index (χ2n) is 5.35. The molecule has 0 aliphatic carbocycles. The number of aromatic nitrogens is 4. The van der Waals surface area contributed by atoms with Gasteiger partial charge in [0.25, 0.3) is 0 Å². The number of hydrogen-bond donors (Lipinski definition) is 2. The van der Waals surface area contributed by atoms with Gasteiger partial charge in [-0.05, 0) is 29.8 Å². The summed E-state index contributed by atoms with van der Waals surface area (Å²) in [6, 6.07) is 8.77. The van der Waals surface area contributed by atoms with E-state index >= 15 is 0 Å². The lowest BCUT2D eigenvalue weighted by molar-refractivity contribution is 0.251. The molecule has 0 bridgehead atoms. The van der Waals surface area contributed by atoms with Crippen LogP contribution in [0.5, 0.6) is 0 Å². The SMILES string of the molecule is O=C(NCc1ccn2ccnc2c1)Nc1cc(-c2cccnc2)on1. The number of urea groups is 1. The number of nitrogens with zero attached hydrogens (tertiary/aromatic N) is 4. The van der Waals surface area contributed by atoms with Crippen LogP contribution in [0.25, 0.3) is 17.0 Å². The summed E-state index contributed by atoms with van der Waals surface area (Å²) in [5, 5.41) is 9.24. The zero-order valence-electron chi connectivity index (χ0n) is 13.1. The van der Waals surface area contributed by atoms with Crippen molar-refractivity contribution in [3.8, 4) is 11.3 Å². The normalized spacial score (nSPS) is 10.7. The van der Waals surface area contributed by atoms with Crippen LogP contribution in [-0.2, 0) is 6.54 Å². The number of anilines is 1. The fourth-order valence-corrected chi connectivity index (χ4v) is 2.38. The van der Waals surface area contributed by atoms with Crippen LogP contribution in [0.2, 0.25) is 0 Å². The number of amides is 2. The summed E-state index contributed by atoms with van der Waals surface area (Å²) in [6.45, 7) is 0.377. The van der Waals surface area contributed by atoms with E-state index in [2.05, 4.69) is 25.8 Å². The first-order chi connectivity index (χ1) is 12.3. The molecule has 4 aromatic heterocycles. The number of hydrogen-bond acceptors (Lipinski definition) is 5. The van der Waals surface area contributed by atoms with Gasteiger partial charge in [0.05, 0.1) is 0 Å². The molecule has 0 saturated carbocycles. The number of imidazole rings is 1. The first-order valence-electron chi connectivity index (χ1n) is 7.61. The second-order valence-corrected chi connectivity index (χ2v) is 5.35. The lowest BCUT2D eigenvalue weighted by Gasteiger charge is -2.05. The molecule has 0 radical (unpaired) electrons. The van der Waals surface area contributed by atoms with Crippen LogP contribution >= 0.6 is 0 Å². The topological polar surface area (TPSA) is 97.4 Å². The van der Waals surface area contributed by atoms with Crippen LogP contribution in [0.4, 0.5) is 10.6 Å². The first-order valence-corrected chi connectivity index (χ1v) is 7.61. The largest absolute Gasteiger partial charge is 0.354 e. The molecule has 124 valence electrons. The summed E-state index contributed by atoms with van der Waals surface area (Å²) in [7, 11) is 0. The van der Waals surface area contributed by atoms with E-state index in [1.165, 1.54) is 0 Å². The molecule has 25 heavy (non-hydrogen) atoms. The Kier molecular flexibility index (Phi) is 3.83. The van der Waals surface area contributed by atoms with Gasteiger partial charge in [-0.15, -0.1) is 0 Å². The quantitative estimate of drug-likeness (QED) is 0.598. The predicted octanol–water partition coefficient (Wildman–Crippen LogP) is 2.71. The minimum absolute atomic E-state index is 0.333. The van der Waals surface area contributed by atoms with Crippen molar-refractivity contribution >= 4 is 17.5 Å². The molecule has 0 atom stereocenters. The van der Waals surface area contributed by atoms with Gasteiger partial charge in [0.15, 0.2) is 11.6 Å². The summed E-state index contributed by atoms with van der Waals surface area (Å²) in [6.07, 6.45) is 8.83. The molecule has 0 aliphatic heterocycles. The molecule has 0 aromatic carbocycles. The predicted molar refractivity (Wildman–Crippen MR) is 90.8 cm³/mol. The zero-order valence-corrected chi connectivity index (χ0v) is 13.1. The van der Waals surface area contributed by atoms with Gasteiger partial charge >= 0.3 is 6.03 Å². The van der Waals surface area contributed by atoms with Crippen molar-refractivity contribution in [2.75, 3.05) is 5.32 Å². The maximum absolute atomic E-state index is 12.0. The number of pyridine rings is 2. The van der Waals surface area contributed by atoms with Crippen LogP contribution in [0, 0.1) is 0 Å². The Balaban J connectivity index is 1.36. The van der Waals surface area contributed by atoms with E-state index in [1.54, 1.807) is 30.7 Å². The van der Waals surface area contributed by atoms with Crippen molar-refractivity contribution in [1.29, 1.82) is 0 Å². The first kappa shape index (κ1) is 14.9. The number of carbonyl (C=O) groups is 1. The summed E-state index contributed by atoms with van der Waals surface area (Å²) in [5.41, 5.74) is 2.57. The number of carbonyl (C=O) groups excluding carboxylic acids is 1. The van der Waals surface area contributed by atoms with Crippen molar-refractivity contribution in [3.05, 3.63) is 66.9 Å². The van der Waals surface area contributed by atoms with Crippen molar-refractivity contribution in [2.24, 2.45) is 0 Å². The van der Waals surface area contributed by atoms with Gasteiger partial charge in [-0.3, -0.25) is 10.3 Å². The van der Waals surface area contributed by atoms with Crippen LogP contribution in [-0.4, -0.2) is 25.6 Å². The standard InChI is InChI=1S/C17H14N6O2/c24-17(20-10-12-3-6-23-7-5-19-16(23)8-12)21-15-9-14(25-22-15)13-2-1-4-18-11-13/h1-9,11H,10H2,(H2,20,21,22,24). The Morgan fingerprint density at radius 3 is 3.04 bits per heavy atom. The van der Waals surface area contributed by atoms with E-state index in [0.717, 1.165) is 16.8 Å². The van der Waals surface area contributed by atoms with Gasteiger partial charge < -0.3 is 14.2 Å². The highest BCUT2D eigenvalue weighted by Crippen LogP contribution is 2.21. The minimum atomic E-state index is -0.366. The van der Waals surface area contributed by atoms with Gasteiger partial charge in [-0.25, -0.2) is 9.78 Å². The molecule has 2 N–H and O–H groups in total. The lowest BCUT2D eigenvalue weighted by atomic mass is 10.2. The van der Waals surface area contributed by atoms with Crippen molar-refractivity contribution < 1.29 is 9.32 Å². The third-order valence-corrected chi connectivity index (χ3v) is 3.61. The highest BCUT2D eigenvalue weighted by Gasteiger charge is 2.09. The fraction of sp³-hybridized carbons (Fsp3) is 0.0588. The average Bonchev–Trinajstić information content (AvgIpc) is 3.29. The number of nitrogens with one attached hydrogen (secondary N) is 2. The molecule has 4 aromatic rings. The zero-order chi connectivity index (χ0) is 17.1. The molecule has 0 unspecified atom stereocenters. The fourth-order valence-electron chi connectivity index (χ4n) is 2.38. The maximum Gasteiger partial charge on any atom is 0.320 e. The molecule has 0 saturated heterocycles. The van der Waals surface area contributed by atoms with Crippen molar-refractivity contribution in [2.45, 2.75) is 6.54 Å². The van der Waals surface area contributed by atoms with E-state index in [9.17, 15) is 4.79 Å². The van der Waals surface area contributed by atoms with Gasteiger partial charge in [0.2, 0.25) is 0 Å². The van der Waals surface area contributed by atoms with E-state index in [1.807, 2.05) is 35.0 Å². The monoisotopic (exact) mass is 334 g/mol. The molecule has 4 heterocycles. The van der Waals surface area contributed by atoms with Gasteiger partial charge in [0.1, 0.15) is 5.65 Å². The van der Waals surface area contributed by atoms with E-state index < -0.39 is 0 Å². The summed E-state index contributed by atoms with van der Waals surface area (Å²) < 4.78 is 7.11. The van der Waals surface area contributed by atoms with Gasteiger partial charge in [0, 0.05) is 49.2 Å². The average molecular weight is 334 g/mol. The molecule has 0 spiro atoms. The van der Waals surface area contributed by atoms with E-state index in [-0.39, 0.29) is 6.03 Å². The van der Waals surface area contributed by atoms with Crippen molar-refractivity contribution in [3.63, 3.8) is 0 Å². The third-order valence-electron chi connectivity index (χ3n) is 3.61. The Morgan fingerprint density at radius 1 is 1.20 bits per heavy atom. The summed E-state index contributed by atoms with van der Waals surface area (Å²) in [4.78, 5) is 20.2. The number of rotatable bonds is 4. The third kappa shape index (κ3) is 3.32. The molecule has 8 heteroatoms. The Hall–Kier alpha value is -3.68. The second kappa shape index (κ2) is 6.44. The van der Waals surface area contributed by atoms with Crippen LogP contribution in [0.15, 0.2) is 65.8 Å². The molecular weight excluding hydrogens is 320 g/mol. The van der Waals surface area contributed by atoms with E-state index in [4.69, 9.17) is 4.52 Å². The highest BCUT2D eigenvalue weighted by atomic mass is 16.5. The Bertz CT molecular complexity index is 1010. The molecule has 0 aliphatic rings. The molecule has 0 fully saturated rings. The van der Waals surface area contributed by atoms with Crippen LogP contribution < -0.4 is 10.6 Å². The summed E-state index contributed by atoms with van der Waals surface area (Å²) in [5.74, 6) is 0.869. The van der Waals surface area contributed by atoms with Crippen LogP contribution in [0.1, 0.15) is 5.56 Å². The molecule has 4 rings (SSSR count). The van der Waals surface area contributed by atoms with Gasteiger partial charge in [-0.1, -0.05) is 5.16 Å². The maximum atomic E-state index is 12.0. The summed E-state index contributed by atoms with van der Waals surface area (Å²) >= 11 is 0. The van der Waals surface area contributed by atoms with E-state index in [0.29, 0.717) is 18.1 Å². The Labute approximate surface area is 142 Å². The smallest absolute Gasteiger partial charge is 0.320 e. The Morgan fingerprint density at radius 2 is 2.16 bits per heavy atom. The number of fused-ring (bicyclic) bond motifs is 1. The van der Waals surface area contributed by atoms with Crippen LogP contribution in [0.3, 0.4) is 0 Å². The van der Waals surface area contributed by atoms with Crippen molar-refractivity contribution in [1.82, 2.24) is 24.8 Å². The highest BCUT2D eigenvalue weighted by molar-refractivity contribution is 5.88.